The van der Waals surface area contributed by atoms with Crippen LogP contribution in [0.1, 0.15) is 53.1 Å². The number of hydrogen-bond donors (Lipinski definition) is 6. The fourth-order valence-corrected chi connectivity index (χ4v) is 16.1. The molecule has 2 aliphatic rings. The number of aryl methyl sites for hydroxylation is 3. The van der Waals surface area contributed by atoms with Gasteiger partial charge in [0.1, 0.15) is 47.8 Å². The summed E-state index contributed by atoms with van der Waals surface area (Å²) in [7, 11) is 7.30. The minimum absolute atomic E-state index is 0.0561. The molecule has 20 aromatic rings. The molecule has 700 valence electrons. The number of terminal acetylenes is 2. The Labute approximate surface area is 809 Å². The Hall–Kier alpha value is -18.6. The Bertz CT molecular complexity index is 7870. The zero-order valence-electron chi connectivity index (χ0n) is 77.7. The van der Waals surface area contributed by atoms with Gasteiger partial charge in [-0.15, -0.1) is 12.8 Å². The van der Waals surface area contributed by atoms with Crippen molar-refractivity contribution in [2.75, 3.05) is 61.1 Å². The molecule has 0 saturated carbocycles. The van der Waals surface area contributed by atoms with Gasteiger partial charge in [-0.05, 0) is 151 Å². The number of H-pyrrole nitrogens is 1. The molecule has 141 heavy (non-hydrogen) atoms. The maximum Gasteiger partial charge on any atom is 0.234 e. The number of imidazole rings is 2. The third kappa shape index (κ3) is 23.2. The molecule has 0 unspecified atom stereocenters. The smallest absolute Gasteiger partial charge is 0.234 e. The maximum atomic E-state index is 11.8. The van der Waals surface area contributed by atoms with Gasteiger partial charge in [-0.1, -0.05) is 36.1 Å². The lowest BCUT2D eigenvalue weighted by atomic mass is 10.0. The van der Waals surface area contributed by atoms with Gasteiger partial charge in [-0.3, -0.25) is 53.7 Å². The molecular formula is C105H95N31O5. The molecule has 0 aliphatic carbocycles. The van der Waals surface area contributed by atoms with E-state index in [-0.39, 0.29) is 25.2 Å². The van der Waals surface area contributed by atoms with Crippen LogP contribution in [0.4, 0.5) is 46.5 Å². The SMILES string of the molecule is C#Cc1cc(OC)c2nc(Nc3cc(OC4CN(C(C)C)C4)cc(-c4cnn(C)c4)c3)ncc2c1.C#Cc1ccc2nc(Nc3cc(CN4CCNC(=O)C4)cc(-c4cnn(C)c4)c3)ncc2c1.Cn1nccc1-c1cc2cnc(Nc3cccc(Cn4ccnc4)c3)nc2cc1OCc1cnccn1.c1cc(Cn2ccnc2)cc(Nc2ncc3cc(-c4ccn[nH]4)c(OCc4cnccn4)cc3n2)c1. The number of aromatic nitrogens is 24. The Balaban J connectivity index is 0.000000120. The highest BCUT2D eigenvalue weighted by molar-refractivity contribution is 5.91. The molecule has 2 fully saturated rings. The number of piperazine rings is 1. The zero-order chi connectivity index (χ0) is 96.5. The molecule has 0 spiro atoms. The number of ether oxygens (including phenoxy) is 4. The monoisotopic (exact) mass is 1870 g/mol. The zero-order valence-corrected chi connectivity index (χ0v) is 77.7. The topological polar surface area (TPSA) is 393 Å². The number of benzene rings is 8. The molecule has 36 heteroatoms. The van der Waals surface area contributed by atoms with Crippen LogP contribution in [0.25, 0.3) is 88.4 Å². The number of methoxy groups -OCH3 is 1. The van der Waals surface area contributed by atoms with Gasteiger partial charge < -0.3 is 54.7 Å². The molecule has 6 N–H and O–H groups in total. The minimum atomic E-state index is 0.0561. The van der Waals surface area contributed by atoms with Crippen molar-refractivity contribution in [1.29, 1.82) is 0 Å². The van der Waals surface area contributed by atoms with Gasteiger partial charge in [-0.2, -0.15) is 20.4 Å². The lowest BCUT2D eigenvalue weighted by Crippen LogP contribution is -2.56. The number of hydrogen-bond acceptors (Lipinski definition) is 29. The second-order valence-electron chi connectivity index (χ2n) is 33.7. The molecule has 0 radical (unpaired) electrons. The Kier molecular flexibility index (Phi) is 27.6. The summed E-state index contributed by atoms with van der Waals surface area (Å²) < 4.78 is 33.6. The maximum absolute atomic E-state index is 11.8. The van der Waals surface area contributed by atoms with E-state index >= 15 is 0 Å². The number of likely N-dealkylation sites (tertiary alicyclic amines) is 1. The summed E-state index contributed by atoms with van der Waals surface area (Å²) in [5.74, 6) is 10.0. The molecule has 22 rings (SSSR count). The molecule has 0 atom stereocenters. The number of aromatic amines is 1. The molecule has 0 bridgehead atoms. The van der Waals surface area contributed by atoms with Crippen molar-refractivity contribution in [3.05, 3.63) is 327 Å². The third-order valence-corrected chi connectivity index (χ3v) is 23.2. The normalized spacial score (nSPS) is 12.5. The van der Waals surface area contributed by atoms with Crippen LogP contribution in [0.2, 0.25) is 0 Å². The molecule has 2 saturated heterocycles. The van der Waals surface area contributed by atoms with Crippen LogP contribution in [-0.4, -0.2) is 186 Å². The minimum Gasteiger partial charge on any atom is -0.494 e. The standard InChI is InChI=1S/C27H23N9O.C27H28N6O2.C26H21N9O.C25H23N7O/c1-35-25(5-6-32-35)23-12-20-14-31-27(33-21-4-2-3-19(11-21)16-36-10-9-29-18-36)34-24(20)13-26(23)37-17-22-15-28-7-8-30-22;1-6-18-7-20-12-28-27(31-26(20)25(8-18)34-5)30-22-9-19(21-13-29-32(4)14-21)10-23(11-22)35-24-15-33(16-24)17(2)3;1-2-18(15-35-9-8-28-17-35)10-20(3-1)32-26-30-13-19-11-22(23-4-5-31-34-23)25(12-24(19)33-26)36-16-21-14-27-6-7-29-21;1-3-17-4-5-23-20(8-17)12-27-25(30-23)29-22-10-18(14-32-7-6-26-24(33)16-32)9-19(11-22)21-13-28-31(2)15-21/h2-15,18H,16-17H2,1H3,(H,31,33,34);1,7-14,17,24H,15-16H2,2-5H3,(H,28,30,31);1-14,17H,15-16H2,(H,31,34)(H,30,32,33);1,4-5,8-13,15H,6-7,14,16H2,2H3,(H,26,33)(H,27,29,30). The van der Waals surface area contributed by atoms with Crippen molar-refractivity contribution in [1.82, 2.24) is 134 Å². The van der Waals surface area contributed by atoms with Gasteiger partial charge in [0, 0.05) is 268 Å². The van der Waals surface area contributed by atoms with Crippen molar-refractivity contribution >= 4 is 96.1 Å². The van der Waals surface area contributed by atoms with E-state index in [1.807, 2.05) is 181 Å². The highest BCUT2D eigenvalue weighted by Crippen LogP contribution is 2.39. The Morgan fingerprint density at radius 1 is 0.482 bits per heavy atom. The lowest BCUT2D eigenvalue weighted by Gasteiger charge is -2.41. The van der Waals surface area contributed by atoms with Crippen molar-refractivity contribution < 1.29 is 23.7 Å². The predicted molar refractivity (Wildman–Crippen MR) is 538 cm³/mol. The first-order chi connectivity index (χ1) is 69.0. The molecule has 2 aliphatic heterocycles. The van der Waals surface area contributed by atoms with Gasteiger partial charge in [0.15, 0.2) is 0 Å². The van der Waals surface area contributed by atoms with E-state index in [2.05, 4.69) is 185 Å². The molecule has 36 nitrogen and oxygen atoms in total. The quantitative estimate of drug-likeness (QED) is 0.0248. The summed E-state index contributed by atoms with van der Waals surface area (Å²) in [5, 5.41) is 39.7. The lowest BCUT2D eigenvalue weighted by molar-refractivity contribution is -0.124. The first-order valence-electron chi connectivity index (χ1n) is 45.2. The van der Waals surface area contributed by atoms with E-state index in [1.165, 1.54) is 0 Å². The summed E-state index contributed by atoms with van der Waals surface area (Å²) in [6.45, 7) is 10.8. The average Bonchev–Trinajstić information content (AvgIpc) is 1.78. The highest BCUT2D eigenvalue weighted by atomic mass is 16.5. The first kappa shape index (κ1) is 91.6. The summed E-state index contributed by atoms with van der Waals surface area (Å²) in [6.07, 6.45) is 50.4. The van der Waals surface area contributed by atoms with Crippen LogP contribution in [0, 0.1) is 24.7 Å². The van der Waals surface area contributed by atoms with E-state index in [4.69, 9.17) is 46.7 Å². The third-order valence-electron chi connectivity index (χ3n) is 23.2. The number of anilines is 8. The Morgan fingerprint density at radius 2 is 1.05 bits per heavy atom. The van der Waals surface area contributed by atoms with Crippen LogP contribution in [0.3, 0.4) is 0 Å². The second kappa shape index (κ2) is 42.6. The number of rotatable bonds is 28. The van der Waals surface area contributed by atoms with Crippen LogP contribution in [0.15, 0.2) is 288 Å². The van der Waals surface area contributed by atoms with Crippen molar-refractivity contribution in [3.63, 3.8) is 0 Å². The van der Waals surface area contributed by atoms with E-state index in [0.717, 1.165) is 183 Å². The molecule has 12 aromatic heterocycles. The highest BCUT2D eigenvalue weighted by Gasteiger charge is 2.31. The van der Waals surface area contributed by atoms with Crippen LogP contribution < -0.4 is 45.5 Å². The van der Waals surface area contributed by atoms with Gasteiger partial charge in [0.25, 0.3) is 0 Å². The number of nitrogens with zero attached hydrogens (tertiary/aromatic N) is 25. The Morgan fingerprint density at radius 3 is 1.60 bits per heavy atom. The van der Waals surface area contributed by atoms with E-state index < -0.39 is 0 Å². The molecular weight excluding hydrogens is 1780 g/mol. The fourth-order valence-electron chi connectivity index (χ4n) is 16.1. The van der Waals surface area contributed by atoms with Crippen LogP contribution in [-0.2, 0) is 58.8 Å². The summed E-state index contributed by atoms with van der Waals surface area (Å²) in [5.41, 5.74) is 20.4. The summed E-state index contributed by atoms with van der Waals surface area (Å²) in [4.78, 5) is 78.3. The number of fused-ring (bicyclic) bond motifs is 4. The van der Waals surface area contributed by atoms with Gasteiger partial charge >= 0.3 is 0 Å². The van der Waals surface area contributed by atoms with E-state index in [9.17, 15) is 4.79 Å². The number of carbonyl (C=O) groups excluding carboxylic acids is 1. The van der Waals surface area contributed by atoms with Crippen molar-refractivity contribution in [2.24, 2.45) is 21.1 Å². The number of amides is 1. The van der Waals surface area contributed by atoms with Gasteiger partial charge in [0.2, 0.25) is 29.7 Å². The van der Waals surface area contributed by atoms with Crippen molar-refractivity contribution in [3.8, 4) is 92.5 Å². The fraction of sp³-hybridized carbons (Fsp3) is 0.171. The van der Waals surface area contributed by atoms with Crippen molar-refractivity contribution in [2.45, 2.75) is 58.8 Å². The largest absolute Gasteiger partial charge is 0.494 e. The van der Waals surface area contributed by atoms with E-state index in [1.54, 1.807) is 116 Å². The summed E-state index contributed by atoms with van der Waals surface area (Å²) in [6, 6.07) is 50.2. The predicted octanol–water partition coefficient (Wildman–Crippen LogP) is 15.7. The molecule has 14 heterocycles. The number of carbonyl (C=O) groups is 1. The van der Waals surface area contributed by atoms with Crippen LogP contribution in [0.5, 0.6) is 23.0 Å². The van der Waals surface area contributed by atoms with Gasteiger partial charge in [0.05, 0.1) is 90.4 Å². The molecule has 1 amide bonds. The first-order valence-corrected chi connectivity index (χ1v) is 45.2. The number of nitrogens with one attached hydrogen (secondary N) is 6. The second-order valence-corrected chi connectivity index (χ2v) is 33.7. The van der Waals surface area contributed by atoms with E-state index in [0.29, 0.717) is 72.2 Å². The van der Waals surface area contributed by atoms with Gasteiger partial charge in [-0.25, -0.2) is 49.8 Å². The summed E-state index contributed by atoms with van der Waals surface area (Å²) >= 11 is 0. The van der Waals surface area contributed by atoms with Crippen LogP contribution >= 0.6 is 0 Å². The average molecular weight is 1870 g/mol. The molecule has 8 aromatic carbocycles.